The molecule has 1 spiro atoms. The van der Waals surface area contributed by atoms with Gasteiger partial charge in [0.2, 0.25) is 0 Å². The fourth-order valence-corrected chi connectivity index (χ4v) is 4.67. The number of esters is 1. The molecule has 1 aliphatic carbocycles. The van der Waals surface area contributed by atoms with E-state index < -0.39 is 0 Å². The van der Waals surface area contributed by atoms with Gasteiger partial charge in [-0.05, 0) is 65.0 Å². The lowest BCUT2D eigenvalue weighted by molar-refractivity contribution is -0.158. The number of ether oxygens (including phenoxy) is 1. The summed E-state index contributed by atoms with van der Waals surface area (Å²) in [5, 5.41) is 6.62. The Kier molecular flexibility index (Phi) is 5.04. The van der Waals surface area contributed by atoms with Gasteiger partial charge in [0.25, 0.3) is 0 Å². The summed E-state index contributed by atoms with van der Waals surface area (Å²) in [7, 11) is 0. The Morgan fingerprint density at radius 2 is 1.88 bits per heavy atom. The van der Waals surface area contributed by atoms with E-state index in [1.54, 1.807) is 0 Å². The lowest BCUT2D eigenvalue weighted by Crippen LogP contribution is -2.51. The first kappa shape index (κ1) is 17.5. The molecule has 1 saturated carbocycles. The van der Waals surface area contributed by atoms with Crippen LogP contribution in [0.3, 0.4) is 0 Å². The van der Waals surface area contributed by atoms with E-state index >= 15 is 0 Å². The van der Waals surface area contributed by atoms with E-state index in [1.165, 1.54) is 0 Å². The fourth-order valence-electron chi connectivity index (χ4n) is 4.67. The molecule has 24 heavy (non-hydrogen) atoms. The molecule has 0 aromatic carbocycles. The number of carbonyl (C=O) groups excluding carboxylic acids is 2. The van der Waals surface area contributed by atoms with Crippen LogP contribution in [0.2, 0.25) is 0 Å². The number of hydrogen-bond acceptors (Lipinski definition) is 4. The van der Waals surface area contributed by atoms with E-state index in [4.69, 9.17) is 4.74 Å². The lowest BCUT2D eigenvalue weighted by atomic mass is 9.70. The Balaban J connectivity index is 1.62. The summed E-state index contributed by atoms with van der Waals surface area (Å²) >= 11 is 0. The molecule has 136 valence electrons. The second-order valence-corrected chi connectivity index (χ2v) is 7.67. The highest BCUT2D eigenvalue weighted by Crippen LogP contribution is 2.43. The van der Waals surface area contributed by atoms with Crippen molar-refractivity contribution < 1.29 is 14.3 Å². The Bertz CT molecular complexity index is 480. The molecular formula is C18H31N3O3. The van der Waals surface area contributed by atoms with Crippen LogP contribution in [0.1, 0.15) is 58.8 Å². The topological polar surface area (TPSA) is 70.7 Å². The van der Waals surface area contributed by atoms with Gasteiger partial charge in [-0.3, -0.25) is 4.79 Å². The van der Waals surface area contributed by atoms with E-state index in [-0.39, 0.29) is 29.0 Å². The molecule has 6 nitrogen and oxygen atoms in total. The van der Waals surface area contributed by atoms with Gasteiger partial charge >= 0.3 is 12.0 Å². The molecule has 0 bridgehead atoms. The molecule has 2 saturated heterocycles. The minimum absolute atomic E-state index is 0.0389. The van der Waals surface area contributed by atoms with Crippen LogP contribution in [0.4, 0.5) is 4.79 Å². The summed E-state index contributed by atoms with van der Waals surface area (Å²) in [6, 6.07) is 0.343. The van der Waals surface area contributed by atoms with Crippen molar-refractivity contribution in [1.29, 1.82) is 0 Å². The highest BCUT2D eigenvalue weighted by Gasteiger charge is 2.48. The number of amides is 2. The molecule has 0 atom stereocenters. The molecule has 3 aliphatic rings. The average molecular weight is 337 g/mol. The second-order valence-electron chi connectivity index (χ2n) is 7.67. The van der Waals surface area contributed by atoms with Gasteiger partial charge < -0.3 is 20.3 Å². The summed E-state index contributed by atoms with van der Waals surface area (Å²) < 4.78 is 5.31. The van der Waals surface area contributed by atoms with E-state index in [9.17, 15) is 9.59 Å². The maximum Gasteiger partial charge on any atom is 0.318 e. The standard InChI is InChI=1S/C18H31N3O3/c1-3-17(15(22)24-4-2)7-5-14(6-8-17)21-13-18(20-16(21)23)9-11-19-12-10-18/h14,19H,3-13H2,1-2H3,(H,20,23). The van der Waals surface area contributed by atoms with Crippen LogP contribution >= 0.6 is 0 Å². The van der Waals surface area contributed by atoms with Crippen molar-refractivity contribution in [3.05, 3.63) is 0 Å². The van der Waals surface area contributed by atoms with Gasteiger partial charge in [-0.1, -0.05) is 6.92 Å². The highest BCUT2D eigenvalue weighted by atomic mass is 16.5. The molecule has 3 rings (SSSR count). The van der Waals surface area contributed by atoms with Crippen molar-refractivity contribution in [2.75, 3.05) is 26.2 Å². The van der Waals surface area contributed by atoms with E-state index in [1.807, 2.05) is 11.8 Å². The van der Waals surface area contributed by atoms with Crippen molar-refractivity contribution >= 4 is 12.0 Å². The predicted octanol–water partition coefficient (Wildman–Crippen LogP) is 2.04. The van der Waals surface area contributed by atoms with Gasteiger partial charge in [-0.25, -0.2) is 4.79 Å². The minimum Gasteiger partial charge on any atom is -0.466 e. The first-order valence-electron chi connectivity index (χ1n) is 9.51. The third-order valence-corrected chi connectivity index (χ3v) is 6.40. The van der Waals surface area contributed by atoms with E-state index in [2.05, 4.69) is 17.6 Å². The smallest absolute Gasteiger partial charge is 0.318 e. The molecule has 2 amide bonds. The zero-order chi connectivity index (χ0) is 17.2. The molecule has 2 heterocycles. The van der Waals surface area contributed by atoms with Crippen LogP contribution in [0.25, 0.3) is 0 Å². The van der Waals surface area contributed by atoms with Crippen LogP contribution in [0.5, 0.6) is 0 Å². The zero-order valence-corrected chi connectivity index (χ0v) is 15.0. The molecule has 6 heteroatoms. The largest absolute Gasteiger partial charge is 0.466 e. The SMILES string of the molecule is CCOC(=O)C1(CC)CCC(N2CC3(CCNCC3)NC2=O)CC1. The number of nitrogens with zero attached hydrogens (tertiary/aromatic N) is 1. The molecule has 0 aromatic rings. The maximum atomic E-state index is 12.5. The Labute approximate surface area is 144 Å². The number of piperidine rings is 1. The summed E-state index contributed by atoms with van der Waals surface area (Å²) in [6.07, 6.45) is 6.27. The van der Waals surface area contributed by atoms with Gasteiger partial charge in [0.15, 0.2) is 0 Å². The van der Waals surface area contributed by atoms with Crippen LogP contribution in [0, 0.1) is 5.41 Å². The molecule has 0 radical (unpaired) electrons. The summed E-state index contributed by atoms with van der Waals surface area (Å²) in [5.74, 6) is -0.0494. The second kappa shape index (κ2) is 6.90. The van der Waals surface area contributed by atoms with Crippen LogP contribution < -0.4 is 10.6 Å². The lowest BCUT2D eigenvalue weighted by Gasteiger charge is -2.41. The first-order chi connectivity index (χ1) is 11.5. The fraction of sp³-hybridized carbons (Fsp3) is 0.889. The van der Waals surface area contributed by atoms with Crippen molar-refractivity contribution in [2.24, 2.45) is 5.41 Å². The summed E-state index contributed by atoms with van der Waals surface area (Å²) in [6.45, 7) is 7.14. The van der Waals surface area contributed by atoms with Gasteiger partial charge in [0.05, 0.1) is 17.6 Å². The number of nitrogens with one attached hydrogen (secondary N) is 2. The zero-order valence-electron chi connectivity index (χ0n) is 15.0. The predicted molar refractivity (Wildman–Crippen MR) is 91.7 cm³/mol. The molecule has 0 aromatic heterocycles. The molecule has 0 unspecified atom stereocenters. The number of rotatable bonds is 4. The van der Waals surface area contributed by atoms with Crippen molar-refractivity contribution in [3.8, 4) is 0 Å². The van der Waals surface area contributed by atoms with E-state index in [0.29, 0.717) is 6.61 Å². The van der Waals surface area contributed by atoms with Crippen LogP contribution in [-0.2, 0) is 9.53 Å². The maximum absolute atomic E-state index is 12.5. The third-order valence-electron chi connectivity index (χ3n) is 6.40. The number of carbonyl (C=O) groups is 2. The number of urea groups is 1. The minimum atomic E-state index is -0.338. The molecule has 3 fully saturated rings. The van der Waals surface area contributed by atoms with Gasteiger partial charge in [0.1, 0.15) is 0 Å². The van der Waals surface area contributed by atoms with Crippen LogP contribution in [0.15, 0.2) is 0 Å². The van der Waals surface area contributed by atoms with Gasteiger partial charge in [-0.15, -0.1) is 0 Å². The Hall–Kier alpha value is -1.30. The average Bonchev–Trinajstić information content (AvgIpc) is 2.91. The summed E-state index contributed by atoms with van der Waals surface area (Å²) in [5.41, 5.74) is -0.377. The summed E-state index contributed by atoms with van der Waals surface area (Å²) in [4.78, 5) is 26.9. The molecular weight excluding hydrogens is 306 g/mol. The van der Waals surface area contributed by atoms with E-state index in [0.717, 1.165) is 64.6 Å². The van der Waals surface area contributed by atoms with Crippen molar-refractivity contribution in [1.82, 2.24) is 15.5 Å². The Morgan fingerprint density at radius 1 is 1.21 bits per heavy atom. The van der Waals surface area contributed by atoms with Crippen molar-refractivity contribution in [3.63, 3.8) is 0 Å². The highest BCUT2D eigenvalue weighted by molar-refractivity contribution is 5.79. The van der Waals surface area contributed by atoms with Crippen molar-refractivity contribution in [2.45, 2.75) is 70.4 Å². The molecule has 2 N–H and O–H groups in total. The third kappa shape index (κ3) is 3.13. The van der Waals surface area contributed by atoms with Gasteiger partial charge in [0, 0.05) is 12.6 Å². The number of hydrogen-bond donors (Lipinski definition) is 2. The normalized spacial score (nSPS) is 32.7. The van der Waals surface area contributed by atoms with Crippen LogP contribution in [-0.4, -0.2) is 54.7 Å². The Morgan fingerprint density at radius 3 is 2.46 bits per heavy atom. The van der Waals surface area contributed by atoms with Gasteiger partial charge in [-0.2, -0.15) is 0 Å². The molecule has 2 aliphatic heterocycles. The quantitative estimate of drug-likeness (QED) is 0.770. The first-order valence-corrected chi connectivity index (χ1v) is 9.51. The monoisotopic (exact) mass is 337 g/mol.